The van der Waals surface area contributed by atoms with Crippen molar-refractivity contribution in [3.63, 3.8) is 0 Å². The first kappa shape index (κ1) is 19.8. The van der Waals surface area contributed by atoms with Gasteiger partial charge in [0.2, 0.25) is 11.1 Å². The normalized spacial score (nSPS) is 12.2. The Bertz CT molecular complexity index is 1270. The van der Waals surface area contributed by atoms with Crippen LogP contribution in [0.15, 0.2) is 53.7 Å². The summed E-state index contributed by atoms with van der Waals surface area (Å²) in [6, 6.07) is 14.0. The van der Waals surface area contributed by atoms with Crippen molar-refractivity contribution in [2.24, 2.45) is 7.05 Å². The van der Waals surface area contributed by atoms with E-state index in [1.165, 1.54) is 23.9 Å². The van der Waals surface area contributed by atoms with Crippen LogP contribution in [-0.4, -0.2) is 42.0 Å². The summed E-state index contributed by atoms with van der Waals surface area (Å²) < 4.78 is 1.96. The molecule has 2 heterocycles. The van der Waals surface area contributed by atoms with E-state index >= 15 is 0 Å². The number of carbonyl (C=O) groups is 2. The molecule has 2 N–H and O–H groups in total. The van der Waals surface area contributed by atoms with Gasteiger partial charge < -0.3 is 15.0 Å². The molecule has 4 aromatic rings. The fraction of sp³-hybridized carbons (Fsp3) is 0.190. The van der Waals surface area contributed by atoms with E-state index in [9.17, 15) is 9.59 Å². The fourth-order valence-corrected chi connectivity index (χ4v) is 4.06. The van der Waals surface area contributed by atoms with Gasteiger partial charge in [-0.2, -0.15) is 0 Å². The van der Waals surface area contributed by atoms with Crippen molar-refractivity contribution in [3.8, 4) is 0 Å². The van der Waals surface area contributed by atoms with Gasteiger partial charge in [-0.3, -0.25) is 4.79 Å². The van der Waals surface area contributed by atoms with Crippen LogP contribution in [0.4, 0.5) is 5.69 Å². The van der Waals surface area contributed by atoms with Crippen molar-refractivity contribution in [3.05, 3.63) is 54.1 Å². The zero-order valence-electron chi connectivity index (χ0n) is 16.4. The van der Waals surface area contributed by atoms with E-state index in [2.05, 4.69) is 20.5 Å². The summed E-state index contributed by atoms with van der Waals surface area (Å²) in [4.78, 5) is 28.5. The minimum Gasteiger partial charge on any atom is -0.478 e. The molecule has 1 amide bonds. The van der Waals surface area contributed by atoms with Gasteiger partial charge in [0.15, 0.2) is 5.65 Å². The minimum atomic E-state index is -1.05. The molecule has 0 bridgehead atoms. The number of anilines is 1. The number of aryl methyl sites for hydroxylation is 1. The average molecular weight is 421 g/mol. The van der Waals surface area contributed by atoms with Crippen LogP contribution in [0.2, 0.25) is 0 Å². The van der Waals surface area contributed by atoms with Crippen molar-refractivity contribution in [2.75, 3.05) is 5.32 Å². The smallest absolute Gasteiger partial charge is 0.335 e. The Labute approximate surface area is 176 Å². The predicted octanol–water partition coefficient (Wildman–Crippen LogP) is 3.72. The van der Waals surface area contributed by atoms with Crippen LogP contribution >= 0.6 is 11.8 Å². The SMILES string of the molecule is CCC(Sc1nnc2c3ccccc3n(C)c2n1)C(=O)Nc1cccc(C(=O)O)c1. The summed E-state index contributed by atoms with van der Waals surface area (Å²) in [6.07, 6.45) is 0.547. The largest absolute Gasteiger partial charge is 0.478 e. The number of hydrogen-bond acceptors (Lipinski definition) is 6. The number of nitrogens with one attached hydrogen (secondary N) is 1. The number of benzene rings is 2. The van der Waals surface area contributed by atoms with Gasteiger partial charge in [0, 0.05) is 18.1 Å². The lowest BCUT2D eigenvalue weighted by atomic mass is 10.2. The highest BCUT2D eigenvalue weighted by Crippen LogP contribution is 2.28. The Morgan fingerprint density at radius 2 is 1.97 bits per heavy atom. The number of aromatic carboxylic acids is 1. The zero-order chi connectivity index (χ0) is 21.3. The Balaban J connectivity index is 1.57. The topological polar surface area (TPSA) is 110 Å². The third-order valence-electron chi connectivity index (χ3n) is 4.78. The van der Waals surface area contributed by atoms with Gasteiger partial charge in [0.05, 0.1) is 16.3 Å². The van der Waals surface area contributed by atoms with Gasteiger partial charge in [-0.05, 0) is 30.7 Å². The standard InChI is InChI=1S/C21H19N5O3S/c1-3-16(19(27)22-13-8-6-7-12(11-13)20(28)29)30-21-23-18-17(24-25-21)14-9-4-5-10-15(14)26(18)2/h4-11,16H,3H2,1-2H3,(H,22,27)(H,28,29). The lowest BCUT2D eigenvalue weighted by Gasteiger charge is -2.14. The lowest BCUT2D eigenvalue weighted by molar-refractivity contribution is -0.115. The van der Waals surface area contributed by atoms with Gasteiger partial charge >= 0.3 is 5.97 Å². The van der Waals surface area contributed by atoms with Crippen LogP contribution in [0.25, 0.3) is 22.1 Å². The molecule has 0 aliphatic rings. The Kier molecular flexibility index (Phi) is 5.37. The molecule has 0 saturated heterocycles. The number of amides is 1. The van der Waals surface area contributed by atoms with Gasteiger partial charge in [-0.1, -0.05) is 43.0 Å². The third kappa shape index (κ3) is 3.71. The number of carboxylic acid groups (broad SMARTS) is 1. The maximum Gasteiger partial charge on any atom is 0.335 e. The van der Waals surface area contributed by atoms with E-state index in [1.54, 1.807) is 12.1 Å². The second-order valence-electron chi connectivity index (χ2n) is 6.73. The number of rotatable bonds is 6. The molecular weight excluding hydrogens is 402 g/mol. The molecule has 0 radical (unpaired) electrons. The average Bonchev–Trinajstić information content (AvgIpc) is 3.04. The molecule has 2 aromatic carbocycles. The number of hydrogen-bond donors (Lipinski definition) is 2. The summed E-state index contributed by atoms with van der Waals surface area (Å²) in [5, 5.41) is 21.4. The Morgan fingerprint density at radius 1 is 1.17 bits per heavy atom. The molecule has 4 rings (SSSR count). The molecule has 30 heavy (non-hydrogen) atoms. The number of nitrogens with zero attached hydrogens (tertiary/aromatic N) is 4. The molecule has 9 heteroatoms. The first-order chi connectivity index (χ1) is 14.5. The zero-order valence-corrected chi connectivity index (χ0v) is 17.2. The summed E-state index contributed by atoms with van der Waals surface area (Å²) in [5.74, 6) is -1.29. The molecule has 8 nitrogen and oxygen atoms in total. The van der Waals surface area contributed by atoms with E-state index in [0.717, 1.165) is 16.4 Å². The van der Waals surface area contributed by atoms with E-state index in [4.69, 9.17) is 5.11 Å². The molecule has 0 aliphatic heterocycles. The molecule has 0 aliphatic carbocycles. The highest BCUT2D eigenvalue weighted by Gasteiger charge is 2.21. The first-order valence-electron chi connectivity index (χ1n) is 9.36. The number of para-hydroxylation sites is 1. The van der Waals surface area contributed by atoms with E-state index in [-0.39, 0.29) is 11.5 Å². The summed E-state index contributed by atoms with van der Waals surface area (Å²) >= 11 is 1.23. The van der Waals surface area contributed by atoms with Gasteiger partial charge in [0.25, 0.3) is 0 Å². The monoisotopic (exact) mass is 421 g/mol. The Hall–Kier alpha value is -3.46. The minimum absolute atomic E-state index is 0.113. The number of aromatic nitrogens is 4. The van der Waals surface area contributed by atoms with Crippen LogP contribution < -0.4 is 5.32 Å². The first-order valence-corrected chi connectivity index (χ1v) is 10.2. The van der Waals surface area contributed by atoms with Crippen molar-refractivity contribution in [1.82, 2.24) is 19.7 Å². The number of thioether (sulfide) groups is 1. The van der Waals surface area contributed by atoms with E-state index in [0.29, 0.717) is 22.9 Å². The molecule has 1 unspecified atom stereocenters. The number of carbonyl (C=O) groups excluding carboxylic acids is 1. The van der Waals surface area contributed by atoms with E-state index < -0.39 is 11.2 Å². The molecule has 152 valence electrons. The number of carboxylic acids is 1. The van der Waals surface area contributed by atoms with Crippen molar-refractivity contribution >= 4 is 51.4 Å². The van der Waals surface area contributed by atoms with Gasteiger partial charge in [0.1, 0.15) is 5.52 Å². The highest BCUT2D eigenvalue weighted by atomic mass is 32.2. The molecule has 0 fully saturated rings. The maximum atomic E-state index is 12.7. The van der Waals surface area contributed by atoms with Crippen molar-refractivity contribution < 1.29 is 14.7 Å². The number of fused-ring (bicyclic) bond motifs is 3. The van der Waals surface area contributed by atoms with Crippen molar-refractivity contribution in [1.29, 1.82) is 0 Å². The van der Waals surface area contributed by atoms with Gasteiger partial charge in [-0.15, -0.1) is 10.2 Å². The molecular formula is C21H19N5O3S. The van der Waals surface area contributed by atoms with E-state index in [1.807, 2.05) is 42.8 Å². The fourth-order valence-electron chi connectivity index (χ4n) is 3.24. The molecule has 0 saturated carbocycles. The van der Waals surface area contributed by atoms with Crippen LogP contribution in [0.1, 0.15) is 23.7 Å². The summed E-state index contributed by atoms with van der Waals surface area (Å²) in [5.41, 5.74) is 2.99. The van der Waals surface area contributed by atoms with Crippen LogP contribution in [0, 0.1) is 0 Å². The quantitative estimate of drug-likeness (QED) is 0.457. The second-order valence-corrected chi connectivity index (χ2v) is 7.90. The lowest BCUT2D eigenvalue weighted by Crippen LogP contribution is -2.25. The molecule has 1 atom stereocenters. The van der Waals surface area contributed by atoms with Gasteiger partial charge in [-0.25, -0.2) is 9.78 Å². The Morgan fingerprint density at radius 3 is 2.73 bits per heavy atom. The van der Waals surface area contributed by atoms with Crippen LogP contribution in [0.3, 0.4) is 0 Å². The third-order valence-corrected chi connectivity index (χ3v) is 5.99. The maximum absolute atomic E-state index is 12.7. The van der Waals surface area contributed by atoms with Crippen molar-refractivity contribution in [2.45, 2.75) is 23.8 Å². The van der Waals surface area contributed by atoms with Crippen LogP contribution in [0.5, 0.6) is 0 Å². The second kappa shape index (κ2) is 8.11. The summed E-state index contributed by atoms with van der Waals surface area (Å²) in [6.45, 7) is 1.90. The predicted molar refractivity (Wildman–Crippen MR) is 116 cm³/mol. The molecule has 0 spiro atoms. The van der Waals surface area contributed by atoms with Crippen LogP contribution in [-0.2, 0) is 11.8 Å². The summed E-state index contributed by atoms with van der Waals surface area (Å²) in [7, 11) is 1.92. The molecule has 2 aromatic heterocycles. The highest BCUT2D eigenvalue weighted by molar-refractivity contribution is 8.00.